The lowest BCUT2D eigenvalue weighted by molar-refractivity contribution is 0.101. The molecule has 19 heavy (non-hydrogen) atoms. The topological polar surface area (TPSA) is 98.3 Å². The molecule has 1 aromatic rings. The first-order valence-electron chi connectivity index (χ1n) is 5.05. The number of hydrogen-bond acceptors (Lipinski definition) is 6. The van der Waals surface area contributed by atoms with Crippen LogP contribution < -0.4 is 10.2 Å². The van der Waals surface area contributed by atoms with Crippen molar-refractivity contribution in [1.82, 2.24) is 0 Å². The van der Waals surface area contributed by atoms with Crippen LogP contribution in [0.2, 0.25) is 0 Å². The molecule has 0 saturated carbocycles. The summed E-state index contributed by atoms with van der Waals surface area (Å²) in [5.74, 6) is -1.12. The molecule has 0 spiro atoms. The molecular formula is C12H9FN4O2. The third-order valence-electron chi connectivity index (χ3n) is 2.17. The molecule has 0 radical (unpaired) electrons. The summed E-state index contributed by atoms with van der Waals surface area (Å²) in [5, 5.41) is 20.5. The van der Waals surface area contributed by atoms with E-state index in [9.17, 15) is 9.18 Å². The van der Waals surface area contributed by atoms with Crippen LogP contribution in [0.5, 0.6) is 5.75 Å². The number of nitrogens with one attached hydrogen (secondary N) is 1. The molecule has 1 N–H and O–H groups in total. The first-order valence-corrected chi connectivity index (χ1v) is 5.05. The quantitative estimate of drug-likeness (QED) is 0.506. The van der Waals surface area contributed by atoms with Crippen molar-refractivity contribution in [2.24, 2.45) is 5.10 Å². The number of methoxy groups -OCH3 is 1. The smallest absolute Gasteiger partial charge is 0.237 e. The molecule has 0 heterocycles. The number of hydrazone groups is 1. The molecule has 0 aliphatic heterocycles. The first kappa shape index (κ1) is 14.1. The largest absolute Gasteiger partial charge is 0.494 e. The first-order chi connectivity index (χ1) is 9.03. The standard InChI is InChI=1S/C12H9FN4O2/c1-7(18)9-3-12(19-2)10(13)4-11(9)17-16-8(5-14)6-15/h3-4,17H,1-2H3. The minimum Gasteiger partial charge on any atom is -0.494 e. The van der Waals surface area contributed by atoms with Crippen LogP contribution in [0, 0.1) is 28.5 Å². The van der Waals surface area contributed by atoms with Crippen molar-refractivity contribution in [2.75, 3.05) is 12.5 Å². The minimum atomic E-state index is -0.694. The van der Waals surface area contributed by atoms with E-state index in [0.717, 1.165) is 6.07 Å². The average Bonchev–Trinajstić information content (AvgIpc) is 2.39. The lowest BCUT2D eigenvalue weighted by Crippen LogP contribution is -2.04. The fraction of sp³-hybridized carbons (Fsp3) is 0.167. The Morgan fingerprint density at radius 2 is 2.05 bits per heavy atom. The van der Waals surface area contributed by atoms with Gasteiger partial charge in [0.05, 0.1) is 12.8 Å². The maximum absolute atomic E-state index is 13.5. The second-order valence-corrected chi connectivity index (χ2v) is 3.38. The summed E-state index contributed by atoms with van der Waals surface area (Å²) in [7, 11) is 1.27. The van der Waals surface area contributed by atoms with E-state index >= 15 is 0 Å². The summed E-state index contributed by atoms with van der Waals surface area (Å²) in [6.07, 6.45) is 0. The van der Waals surface area contributed by atoms with Gasteiger partial charge >= 0.3 is 0 Å². The number of ether oxygens (including phenoxy) is 1. The molecule has 1 rings (SSSR count). The second kappa shape index (κ2) is 6.12. The van der Waals surface area contributed by atoms with Crippen LogP contribution in [-0.2, 0) is 0 Å². The molecule has 0 saturated heterocycles. The number of Topliss-reactive ketones (excluding diaryl/α,β-unsaturated/α-hetero) is 1. The van der Waals surface area contributed by atoms with Crippen LogP contribution in [0.25, 0.3) is 0 Å². The molecule has 0 bridgehead atoms. The van der Waals surface area contributed by atoms with E-state index in [1.165, 1.54) is 32.2 Å². The molecule has 0 fully saturated rings. The monoisotopic (exact) mass is 260 g/mol. The number of anilines is 1. The molecule has 0 aliphatic carbocycles. The number of hydrogen-bond donors (Lipinski definition) is 1. The molecule has 96 valence electrons. The molecule has 6 nitrogen and oxygen atoms in total. The number of halogens is 1. The molecule has 0 atom stereocenters. The number of ketones is 1. The van der Waals surface area contributed by atoms with Crippen molar-refractivity contribution in [3.05, 3.63) is 23.5 Å². The SMILES string of the molecule is COc1cc(C(C)=O)c(NN=C(C#N)C#N)cc1F. The zero-order valence-electron chi connectivity index (χ0n) is 10.2. The maximum atomic E-state index is 13.5. The molecular weight excluding hydrogens is 251 g/mol. The Labute approximate surface area is 108 Å². The van der Waals surface area contributed by atoms with Gasteiger partial charge in [-0.05, 0) is 13.0 Å². The lowest BCUT2D eigenvalue weighted by Gasteiger charge is -2.09. The molecule has 7 heteroatoms. The fourth-order valence-corrected chi connectivity index (χ4v) is 1.28. The maximum Gasteiger partial charge on any atom is 0.237 e. The lowest BCUT2D eigenvalue weighted by atomic mass is 10.1. The van der Waals surface area contributed by atoms with Gasteiger partial charge in [-0.1, -0.05) is 0 Å². The molecule has 0 unspecified atom stereocenters. The van der Waals surface area contributed by atoms with Gasteiger partial charge in [-0.2, -0.15) is 15.6 Å². The summed E-state index contributed by atoms with van der Waals surface area (Å²) in [4.78, 5) is 11.4. The van der Waals surface area contributed by atoms with Gasteiger partial charge in [-0.3, -0.25) is 10.2 Å². The van der Waals surface area contributed by atoms with E-state index in [4.69, 9.17) is 15.3 Å². The van der Waals surface area contributed by atoms with Crippen molar-refractivity contribution in [3.63, 3.8) is 0 Å². The Balaban J connectivity index is 3.25. The van der Waals surface area contributed by atoms with Crippen LogP contribution in [0.15, 0.2) is 17.2 Å². The third kappa shape index (κ3) is 3.27. The van der Waals surface area contributed by atoms with Gasteiger partial charge in [0, 0.05) is 11.6 Å². The number of nitrogens with zero attached hydrogens (tertiary/aromatic N) is 3. The van der Waals surface area contributed by atoms with Gasteiger partial charge in [-0.15, -0.1) is 0 Å². The minimum absolute atomic E-state index is 0.0498. The zero-order chi connectivity index (χ0) is 14.4. The highest BCUT2D eigenvalue weighted by atomic mass is 19.1. The predicted octanol–water partition coefficient (Wildman–Crippen LogP) is 1.85. The van der Waals surface area contributed by atoms with Crippen molar-refractivity contribution in [3.8, 4) is 17.9 Å². The van der Waals surface area contributed by atoms with Crippen LogP contribution in [0.3, 0.4) is 0 Å². The Morgan fingerprint density at radius 3 is 2.53 bits per heavy atom. The highest BCUT2D eigenvalue weighted by Gasteiger charge is 2.13. The molecule has 0 amide bonds. The third-order valence-corrected chi connectivity index (χ3v) is 2.17. The highest BCUT2D eigenvalue weighted by molar-refractivity contribution is 6.10. The highest BCUT2D eigenvalue weighted by Crippen LogP contribution is 2.26. The van der Waals surface area contributed by atoms with Crippen molar-refractivity contribution >= 4 is 17.2 Å². The molecule has 0 aromatic heterocycles. The Bertz CT molecular complexity index is 610. The van der Waals surface area contributed by atoms with Gasteiger partial charge in [0.1, 0.15) is 12.1 Å². The number of rotatable bonds is 4. The van der Waals surface area contributed by atoms with E-state index in [0.29, 0.717) is 0 Å². The van der Waals surface area contributed by atoms with Gasteiger partial charge in [-0.25, -0.2) is 4.39 Å². The van der Waals surface area contributed by atoms with Crippen LogP contribution in [-0.4, -0.2) is 18.6 Å². The molecule has 0 aliphatic rings. The van der Waals surface area contributed by atoms with Crippen molar-refractivity contribution < 1.29 is 13.9 Å². The summed E-state index contributed by atoms with van der Waals surface area (Å²) in [6, 6.07) is 5.28. The summed E-state index contributed by atoms with van der Waals surface area (Å²) in [5.41, 5.74) is 2.06. The van der Waals surface area contributed by atoms with E-state index < -0.39 is 11.5 Å². The number of nitriles is 2. The number of carbonyl (C=O) groups excluding carboxylic acids is 1. The summed E-state index contributed by atoms with van der Waals surface area (Å²) < 4.78 is 18.3. The Hall–Kier alpha value is -2.93. The molecule has 1 aromatic carbocycles. The van der Waals surface area contributed by atoms with Crippen LogP contribution in [0.1, 0.15) is 17.3 Å². The normalized spacial score (nSPS) is 8.89. The number of carbonyl (C=O) groups is 1. The van der Waals surface area contributed by atoms with E-state index in [1.807, 2.05) is 0 Å². The van der Waals surface area contributed by atoms with E-state index in [-0.39, 0.29) is 22.8 Å². The van der Waals surface area contributed by atoms with Gasteiger partial charge < -0.3 is 4.74 Å². The average molecular weight is 260 g/mol. The van der Waals surface area contributed by atoms with E-state index in [2.05, 4.69) is 10.5 Å². The van der Waals surface area contributed by atoms with Crippen LogP contribution in [0.4, 0.5) is 10.1 Å². The van der Waals surface area contributed by atoms with Gasteiger partial charge in [0.15, 0.2) is 17.3 Å². The Morgan fingerprint density at radius 1 is 1.42 bits per heavy atom. The predicted molar refractivity (Wildman–Crippen MR) is 65.2 cm³/mol. The van der Waals surface area contributed by atoms with Crippen molar-refractivity contribution in [1.29, 1.82) is 10.5 Å². The Kier molecular flexibility index (Phi) is 4.56. The van der Waals surface area contributed by atoms with E-state index in [1.54, 1.807) is 0 Å². The van der Waals surface area contributed by atoms with Gasteiger partial charge in [0.25, 0.3) is 0 Å². The summed E-state index contributed by atoms with van der Waals surface area (Å²) >= 11 is 0. The summed E-state index contributed by atoms with van der Waals surface area (Å²) in [6.45, 7) is 1.29. The number of benzene rings is 1. The van der Waals surface area contributed by atoms with Crippen LogP contribution >= 0.6 is 0 Å². The zero-order valence-corrected chi connectivity index (χ0v) is 10.2. The fourth-order valence-electron chi connectivity index (χ4n) is 1.28. The second-order valence-electron chi connectivity index (χ2n) is 3.38. The van der Waals surface area contributed by atoms with Gasteiger partial charge in [0.2, 0.25) is 5.71 Å². The van der Waals surface area contributed by atoms with Crippen molar-refractivity contribution in [2.45, 2.75) is 6.92 Å².